The molecule has 2 N–H and O–H groups in total. The summed E-state index contributed by atoms with van der Waals surface area (Å²) in [7, 11) is 1.33. The van der Waals surface area contributed by atoms with E-state index in [1.807, 2.05) is 56.3 Å². The summed E-state index contributed by atoms with van der Waals surface area (Å²) in [6.45, 7) is 14.6. The minimum atomic E-state index is -0.702. The van der Waals surface area contributed by atoms with Crippen molar-refractivity contribution < 1.29 is 38.1 Å². The van der Waals surface area contributed by atoms with Gasteiger partial charge in [-0.05, 0) is 74.8 Å². The number of carbonyl (C=O) groups excluding carboxylic acids is 4. The number of ether oxygens (including phenoxy) is 4. The highest BCUT2D eigenvalue weighted by molar-refractivity contribution is 5.94. The third-order valence-corrected chi connectivity index (χ3v) is 7.42. The van der Waals surface area contributed by atoms with Gasteiger partial charge in [0.2, 0.25) is 5.91 Å². The quantitative estimate of drug-likeness (QED) is 0.133. The van der Waals surface area contributed by atoms with Gasteiger partial charge in [-0.1, -0.05) is 58.0 Å². The molecule has 2 aromatic carbocycles. The van der Waals surface area contributed by atoms with Crippen LogP contribution >= 0.6 is 0 Å². The van der Waals surface area contributed by atoms with E-state index in [1.54, 1.807) is 33.0 Å². The first kappa shape index (κ1) is 39.1. The van der Waals surface area contributed by atoms with Gasteiger partial charge >= 0.3 is 18.0 Å². The second-order valence-electron chi connectivity index (χ2n) is 14.1. The Balaban J connectivity index is 1.75. The fourth-order valence-corrected chi connectivity index (χ4v) is 5.04. The Morgan fingerprint density at radius 3 is 2.20 bits per heavy atom. The third kappa shape index (κ3) is 13.2. The Hall–Kier alpha value is -4.38. The molecule has 0 aliphatic carbocycles. The number of nitrogens with zero attached hydrogens (tertiary/aromatic N) is 1. The average Bonchev–Trinajstić information content (AvgIpc) is 3.40. The molecule has 11 heteroatoms. The number of esters is 2. The minimum absolute atomic E-state index is 0.0176. The number of hydrogen-bond acceptors (Lipinski definition) is 9. The van der Waals surface area contributed by atoms with Gasteiger partial charge in [-0.2, -0.15) is 0 Å². The zero-order valence-corrected chi connectivity index (χ0v) is 30.2. The summed E-state index contributed by atoms with van der Waals surface area (Å²) >= 11 is 0. The normalized spacial score (nSPS) is 12.9. The van der Waals surface area contributed by atoms with Crippen molar-refractivity contribution in [1.29, 1.82) is 0 Å². The zero-order chi connectivity index (χ0) is 36.1. The van der Waals surface area contributed by atoms with E-state index >= 15 is 0 Å². The summed E-state index contributed by atoms with van der Waals surface area (Å²) in [4.78, 5) is 51.8. The molecule has 1 amide bonds. The van der Waals surface area contributed by atoms with Crippen LogP contribution in [0.25, 0.3) is 10.9 Å². The molecule has 0 fully saturated rings. The van der Waals surface area contributed by atoms with E-state index in [0.29, 0.717) is 36.6 Å². The van der Waals surface area contributed by atoms with Crippen molar-refractivity contribution >= 4 is 34.8 Å². The van der Waals surface area contributed by atoms with E-state index < -0.39 is 29.7 Å². The standard InChI is InChI=1S/C38H53N3O8/c1-25(2)23-47-30-16-13-27(14-17-30)19-32(36(44)46-8)39-21-29(15-18-35(43)48-24-26(3)4)40-34(42)20-28-22-41(37(45)49-38(5,6)7)33-12-10-9-11-31(28)33/h9-14,16-17,22,25-26,29,32,39H,15,18-21,23-24H2,1-8H3,(H,40,42)/t29-,32-/m0/s1. The molecule has 3 aromatic rings. The predicted molar refractivity (Wildman–Crippen MR) is 189 cm³/mol. The van der Waals surface area contributed by atoms with Gasteiger partial charge in [-0.3, -0.25) is 19.0 Å². The van der Waals surface area contributed by atoms with Crippen LogP contribution in [-0.4, -0.2) is 73.1 Å². The molecule has 49 heavy (non-hydrogen) atoms. The molecular formula is C38H53N3O8. The van der Waals surface area contributed by atoms with Gasteiger partial charge in [-0.15, -0.1) is 0 Å². The number of para-hydroxylation sites is 1. The van der Waals surface area contributed by atoms with E-state index in [9.17, 15) is 19.2 Å². The van der Waals surface area contributed by atoms with Crippen molar-refractivity contribution in [2.75, 3.05) is 26.9 Å². The summed E-state index contributed by atoms with van der Waals surface area (Å²) in [6, 6.07) is 13.7. The first-order valence-corrected chi connectivity index (χ1v) is 16.9. The van der Waals surface area contributed by atoms with Gasteiger partial charge < -0.3 is 29.6 Å². The fraction of sp³-hybridized carbons (Fsp3) is 0.526. The second kappa shape index (κ2) is 18.4. The number of hydrogen-bond donors (Lipinski definition) is 2. The van der Waals surface area contributed by atoms with Crippen molar-refractivity contribution in [1.82, 2.24) is 15.2 Å². The molecule has 0 spiro atoms. The van der Waals surface area contributed by atoms with Crippen LogP contribution in [0.15, 0.2) is 54.7 Å². The number of carbonyl (C=O) groups is 4. The maximum Gasteiger partial charge on any atom is 0.419 e. The second-order valence-corrected chi connectivity index (χ2v) is 14.1. The lowest BCUT2D eigenvalue weighted by Crippen LogP contribution is -2.48. The van der Waals surface area contributed by atoms with Crippen LogP contribution in [0.3, 0.4) is 0 Å². The Morgan fingerprint density at radius 1 is 0.898 bits per heavy atom. The van der Waals surface area contributed by atoms with Crippen molar-refractivity contribution in [2.45, 2.75) is 91.8 Å². The van der Waals surface area contributed by atoms with Gasteiger partial charge in [0.05, 0.1) is 32.3 Å². The largest absolute Gasteiger partial charge is 0.493 e. The highest BCUT2D eigenvalue weighted by Crippen LogP contribution is 2.23. The molecule has 0 saturated heterocycles. The van der Waals surface area contributed by atoms with Gasteiger partial charge in [0.1, 0.15) is 17.4 Å². The molecule has 0 aliphatic heterocycles. The Labute approximate surface area is 290 Å². The third-order valence-electron chi connectivity index (χ3n) is 7.42. The molecular weight excluding hydrogens is 626 g/mol. The van der Waals surface area contributed by atoms with E-state index in [0.717, 1.165) is 16.7 Å². The molecule has 0 unspecified atom stereocenters. The number of fused-ring (bicyclic) bond motifs is 1. The molecule has 11 nitrogen and oxygen atoms in total. The van der Waals surface area contributed by atoms with Gasteiger partial charge in [0, 0.05) is 30.6 Å². The summed E-state index contributed by atoms with van der Waals surface area (Å²) in [6.07, 6.45) is 1.78. The molecule has 268 valence electrons. The van der Waals surface area contributed by atoms with Crippen molar-refractivity contribution in [3.63, 3.8) is 0 Å². The first-order chi connectivity index (χ1) is 23.1. The molecule has 0 bridgehead atoms. The Bertz CT molecular complexity index is 1540. The summed E-state index contributed by atoms with van der Waals surface area (Å²) in [5, 5.41) is 7.03. The number of rotatable bonds is 17. The van der Waals surface area contributed by atoms with Crippen LogP contribution < -0.4 is 15.4 Å². The van der Waals surface area contributed by atoms with Gasteiger partial charge in [0.15, 0.2) is 0 Å². The fourth-order valence-electron chi connectivity index (χ4n) is 5.04. The van der Waals surface area contributed by atoms with Crippen LogP contribution in [-0.2, 0) is 41.4 Å². The molecule has 0 radical (unpaired) electrons. The number of benzene rings is 2. The van der Waals surface area contributed by atoms with E-state index in [1.165, 1.54) is 11.7 Å². The Morgan fingerprint density at radius 2 is 1.57 bits per heavy atom. The van der Waals surface area contributed by atoms with Crippen LogP contribution in [0.2, 0.25) is 0 Å². The highest BCUT2D eigenvalue weighted by atomic mass is 16.6. The monoisotopic (exact) mass is 679 g/mol. The average molecular weight is 680 g/mol. The maximum atomic E-state index is 13.5. The number of amides is 1. The van der Waals surface area contributed by atoms with Gasteiger partial charge in [0.25, 0.3) is 0 Å². The lowest BCUT2D eigenvalue weighted by molar-refractivity contribution is -0.145. The van der Waals surface area contributed by atoms with E-state index in [2.05, 4.69) is 24.5 Å². The SMILES string of the molecule is COC(=O)[C@H](Cc1ccc(OCC(C)C)cc1)NC[C@H](CCC(=O)OCC(C)C)NC(=O)Cc1cn(C(=O)OC(C)(C)C)c2ccccc12. The molecule has 0 aliphatic rings. The number of aromatic nitrogens is 1. The molecule has 2 atom stereocenters. The minimum Gasteiger partial charge on any atom is -0.493 e. The first-order valence-electron chi connectivity index (χ1n) is 16.9. The smallest absolute Gasteiger partial charge is 0.419 e. The zero-order valence-electron chi connectivity index (χ0n) is 30.2. The van der Waals surface area contributed by atoms with Crippen molar-refractivity contribution in [3.05, 3.63) is 65.9 Å². The Kier molecular flexibility index (Phi) is 14.7. The van der Waals surface area contributed by atoms with Crippen molar-refractivity contribution in [3.8, 4) is 5.75 Å². The molecule has 0 saturated carbocycles. The summed E-state index contributed by atoms with van der Waals surface area (Å²) in [5.74, 6) is 0.230. The predicted octanol–water partition coefficient (Wildman–Crippen LogP) is 5.84. The van der Waals surface area contributed by atoms with Crippen LogP contribution in [0, 0.1) is 11.8 Å². The number of methoxy groups -OCH3 is 1. The van der Waals surface area contributed by atoms with Crippen molar-refractivity contribution in [2.24, 2.45) is 11.8 Å². The van der Waals surface area contributed by atoms with E-state index in [4.69, 9.17) is 18.9 Å². The van der Waals surface area contributed by atoms with E-state index in [-0.39, 0.29) is 43.6 Å². The lowest BCUT2D eigenvalue weighted by Gasteiger charge is -2.23. The lowest BCUT2D eigenvalue weighted by atomic mass is 10.0. The highest BCUT2D eigenvalue weighted by Gasteiger charge is 2.25. The summed E-state index contributed by atoms with van der Waals surface area (Å²) < 4.78 is 23.2. The summed E-state index contributed by atoms with van der Waals surface area (Å²) in [5.41, 5.74) is 1.49. The maximum absolute atomic E-state index is 13.5. The molecule has 3 rings (SSSR count). The number of nitrogens with one attached hydrogen (secondary N) is 2. The van der Waals surface area contributed by atoms with Crippen LogP contribution in [0.1, 0.15) is 72.4 Å². The van der Waals surface area contributed by atoms with Crippen LogP contribution in [0.5, 0.6) is 5.75 Å². The topological polar surface area (TPSA) is 134 Å². The van der Waals surface area contributed by atoms with Crippen LogP contribution in [0.4, 0.5) is 4.79 Å². The molecule has 1 heterocycles. The molecule has 1 aromatic heterocycles. The van der Waals surface area contributed by atoms with Gasteiger partial charge in [-0.25, -0.2) is 4.79 Å².